The Hall–Kier alpha value is -4.50. The molecule has 3 aromatic carbocycles. The van der Waals surface area contributed by atoms with Crippen LogP contribution in [0.4, 0.5) is 21.5 Å². The first-order valence-electron chi connectivity index (χ1n) is 11.3. The van der Waals surface area contributed by atoms with Gasteiger partial charge in [0, 0.05) is 16.9 Å². The highest BCUT2D eigenvalue weighted by atomic mass is 35.5. The number of nitrogens with zero attached hydrogens (tertiary/aromatic N) is 1. The number of hydrogen-bond acceptors (Lipinski definition) is 6. The summed E-state index contributed by atoms with van der Waals surface area (Å²) in [6, 6.07) is 17.4. The molecule has 188 valence electrons. The first kappa shape index (κ1) is 25.6. The second-order valence-electron chi connectivity index (χ2n) is 7.98. The van der Waals surface area contributed by atoms with Crippen molar-refractivity contribution >= 4 is 52.4 Å². The summed E-state index contributed by atoms with van der Waals surface area (Å²) < 4.78 is 18.2. The number of carbonyl (C=O) groups excluding carboxylic acids is 4. The number of amides is 3. The van der Waals surface area contributed by atoms with E-state index in [0.717, 1.165) is 4.90 Å². The van der Waals surface area contributed by atoms with Crippen LogP contribution in [-0.2, 0) is 14.3 Å². The molecule has 1 heterocycles. The van der Waals surface area contributed by atoms with Crippen LogP contribution in [0.3, 0.4) is 0 Å². The fourth-order valence-corrected chi connectivity index (χ4v) is 3.69. The Morgan fingerprint density at radius 1 is 0.919 bits per heavy atom. The average Bonchev–Trinajstić information content (AvgIpc) is 3.11. The smallest absolute Gasteiger partial charge is 0.338 e. The van der Waals surface area contributed by atoms with Crippen LogP contribution >= 0.6 is 11.6 Å². The molecule has 1 aliphatic rings. The molecule has 1 aliphatic heterocycles. The quantitative estimate of drug-likeness (QED) is 0.316. The number of hydrogen-bond donors (Lipinski definition) is 2. The lowest BCUT2D eigenvalue weighted by atomic mass is 10.1. The highest BCUT2D eigenvalue weighted by Crippen LogP contribution is 2.30. The van der Waals surface area contributed by atoms with Crippen molar-refractivity contribution in [3.63, 3.8) is 0 Å². The molecule has 0 saturated carbocycles. The third-order valence-corrected chi connectivity index (χ3v) is 5.67. The number of esters is 1. The average molecular weight is 522 g/mol. The van der Waals surface area contributed by atoms with E-state index < -0.39 is 29.5 Å². The minimum Gasteiger partial charge on any atom is -0.462 e. The first-order valence-corrected chi connectivity index (χ1v) is 11.7. The maximum Gasteiger partial charge on any atom is 0.338 e. The van der Waals surface area contributed by atoms with Gasteiger partial charge in [0.1, 0.15) is 16.5 Å². The van der Waals surface area contributed by atoms with Crippen LogP contribution in [0.25, 0.3) is 0 Å². The molecule has 4 rings (SSSR count). The molecule has 3 aromatic rings. The van der Waals surface area contributed by atoms with E-state index in [1.165, 1.54) is 60.7 Å². The molecule has 3 amide bonds. The Kier molecular flexibility index (Phi) is 7.64. The number of nitrogens with one attached hydrogen (secondary N) is 2. The highest BCUT2D eigenvalue weighted by Gasteiger charge is 2.39. The predicted octanol–water partition coefficient (Wildman–Crippen LogP) is 5.08. The monoisotopic (exact) mass is 521 g/mol. The molecule has 0 unspecified atom stereocenters. The van der Waals surface area contributed by atoms with Crippen LogP contribution in [0.2, 0.25) is 0 Å². The summed E-state index contributed by atoms with van der Waals surface area (Å²) in [6.45, 7) is 2.11. The fourth-order valence-electron chi connectivity index (χ4n) is 3.48. The van der Waals surface area contributed by atoms with Crippen molar-refractivity contribution in [2.24, 2.45) is 0 Å². The number of ether oxygens (including phenoxy) is 1. The summed E-state index contributed by atoms with van der Waals surface area (Å²) in [5.74, 6) is -2.84. The molecule has 0 bridgehead atoms. The minimum atomic E-state index is -0.747. The third kappa shape index (κ3) is 5.68. The molecule has 8 nitrogen and oxygen atoms in total. The fraction of sp³-hybridized carbons (Fsp3) is 0.111. The lowest BCUT2D eigenvalue weighted by Crippen LogP contribution is -2.32. The predicted molar refractivity (Wildman–Crippen MR) is 137 cm³/mol. The lowest BCUT2D eigenvalue weighted by molar-refractivity contribution is -0.120. The van der Waals surface area contributed by atoms with E-state index in [9.17, 15) is 23.6 Å². The van der Waals surface area contributed by atoms with Gasteiger partial charge in [-0.1, -0.05) is 24.6 Å². The Bertz CT molecular complexity index is 1400. The van der Waals surface area contributed by atoms with Crippen LogP contribution in [0.1, 0.15) is 34.1 Å². The van der Waals surface area contributed by atoms with Crippen molar-refractivity contribution in [3.8, 4) is 0 Å². The van der Waals surface area contributed by atoms with E-state index in [-0.39, 0.29) is 28.6 Å². The Morgan fingerprint density at radius 3 is 2.27 bits per heavy atom. The van der Waals surface area contributed by atoms with Gasteiger partial charge in [-0.05, 0) is 73.2 Å². The van der Waals surface area contributed by atoms with E-state index in [2.05, 4.69) is 10.6 Å². The number of imide groups is 1. The standard InChI is InChI=1S/C27H21ClFN3O5/c1-2-14-37-27(36)17-4-3-5-21(15-17)32-25(34)22(28)23(26(32)35)30-19-10-6-16(7-11-19)24(33)31-20-12-8-18(29)9-13-20/h3-13,15,30H,2,14H2,1H3,(H,31,33). The Balaban J connectivity index is 1.46. The molecule has 0 saturated heterocycles. The van der Waals surface area contributed by atoms with E-state index in [4.69, 9.17) is 16.3 Å². The zero-order chi connectivity index (χ0) is 26.5. The summed E-state index contributed by atoms with van der Waals surface area (Å²) >= 11 is 6.19. The number of rotatable bonds is 8. The van der Waals surface area contributed by atoms with Gasteiger partial charge < -0.3 is 15.4 Å². The van der Waals surface area contributed by atoms with Gasteiger partial charge in [-0.15, -0.1) is 0 Å². The zero-order valence-electron chi connectivity index (χ0n) is 19.6. The second-order valence-corrected chi connectivity index (χ2v) is 8.36. The third-order valence-electron chi connectivity index (χ3n) is 5.32. The van der Waals surface area contributed by atoms with Gasteiger partial charge in [0.2, 0.25) is 0 Å². The highest BCUT2D eigenvalue weighted by molar-refractivity contribution is 6.53. The summed E-state index contributed by atoms with van der Waals surface area (Å²) in [4.78, 5) is 51.4. The molecule has 0 aromatic heterocycles. The van der Waals surface area contributed by atoms with Crippen LogP contribution in [0.5, 0.6) is 0 Å². The van der Waals surface area contributed by atoms with Gasteiger partial charge >= 0.3 is 5.97 Å². The van der Waals surface area contributed by atoms with E-state index in [1.807, 2.05) is 6.92 Å². The lowest BCUT2D eigenvalue weighted by Gasteiger charge is -2.16. The van der Waals surface area contributed by atoms with Crippen molar-refractivity contribution < 1.29 is 28.3 Å². The molecular weight excluding hydrogens is 501 g/mol. The van der Waals surface area contributed by atoms with E-state index >= 15 is 0 Å². The summed E-state index contributed by atoms with van der Waals surface area (Å²) in [7, 11) is 0. The van der Waals surface area contributed by atoms with Gasteiger partial charge in [0.05, 0.1) is 17.9 Å². The molecule has 0 radical (unpaired) electrons. The van der Waals surface area contributed by atoms with Crippen LogP contribution in [0.15, 0.2) is 83.5 Å². The molecule has 0 atom stereocenters. The topological polar surface area (TPSA) is 105 Å². The molecule has 10 heteroatoms. The maximum atomic E-state index is 13.1. The summed E-state index contributed by atoms with van der Waals surface area (Å²) in [6.07, 6.45) is 0.656. The molecular formula is C27H21ClFN3O5. The van der Waals surface area contributed by atoms with E-state index in [1.54, 1.807) is 12.1 Å². The summed E-state index contributed by atoms with van der Waals surface area (Å²) in [5, 5.41) is 5.16. The number of benzene rings is 3. The second kappa shape index (κ2) is 11.0. The minimum absolute atomic E-state index is 0.144. The maximum absolute atomic E-state index is 13.1. The Labute approximate surface area is 216 Å². The number of anilines is 3. The summed E-state index contributed by atoms with van der Waals surface area (Å²) in [5.41, 5.74) is 1.38. The Morgan fingerprint density at radius 2 is 1.59 bits per heavy atom. The van der Waals surface area contributed by atoms with Gasteiger partial charge in [0.15, 0.2) is 0 Å². The molecule has 0 spiro atoms. The van der Waals surface area contributed by atoms with Crippen LogP contribution in [0, 0.1) is 5.82 Å². The van der Waals surface area contributed by atoms with Gasteiger partial charge in [-0.25, -0.2) is 14.1 Å². The largest absolute Gasteiger partial charge is 0.462 e. The molecule has 0 fully saturated rings. The van der Waals surface area contributed by atoms with Crippen molar-refractivity contribution in [1.82, 2.24) is 0 Å². The number of carbonyl (C=O) groups is 4. The normalized spacial score (nSPS) is 13.1. The first-order chi connectivity index (χ1) is 17.8. The van der Waals surface area contributed by atoms with Crippen LogP contribution in [-0.4, -0.2) is 30.3 Å². The van der Waals surface area contributed by atoms with Crippen molar-refractivity contribution in [3.05, 3.63) is 100 Å². The number of halogens is 2. The molecule has 0 aliphatic carbocycles. The molecule has 2 N–H and O–H groups in total. The van der Waals surface area contributed by atoms with Crippen molar-refractivity contribution in [1.29, 1.82) is 0 Å². The van der Waals surface area contributed by atoms with Crippen LogP contribution < -0.4 is 15.5 Å². The SMILES string of the molecule is CCCOC(=O)c1cccc(N2C(=O)C(Cl)=C(Nc3ccc(C(=O)Nc4ccc(F)cc4)cc3)C2=O)c1. The van der Waals surface area contributed by atoms with Gasteiger partial charge in [0.25, 0.3) is 17.7 Å². The zero-order valence-corrected chi connectivity index (χ0v) is 20.3. The van der Waals surface area contributed by atoms with Gasteiger partial charge in [-0.2, -0.15) is 0 Å². The molecule has 37 heavy (non-hydrogen) atoms. The van der Waals surface area contributed by atoms with E-state index in [0.29, 0.717) is 23.4 Å². The van der Waals surface area contributed by atoms with Crippen molar-refractivity contribution in [2.75, 3.05) is 22.1 Å². The van der Waals surface area contributed by atoms with Crippen molar-refractivity contribution in [2.45, 2.75) is 13.3 Å². The van der Waals surface area contributed by atoms with Gasteiger partial charge in [-0.3, -0.25) is 14.4 Å².